The summed E-state index contributed by atoms with van der Waals surface area (Å²) in [4.78, 5) is 24.9. The Balaban J connectivity index is 2.19. The van der Waals surface area contributed by atoms with E-state index < -0.39 is 12.1 Å². The Morgan fingerprint density at radius 1 is 1.37 bits per heavy atom. The lowest BCUT2D eigenvalue weighted by Crippen LogP contribution is -2.48. The molecule has 1 heterocycles. The number of hydrogen-bond donors (Lipinski definition) is 1. The molecule has 1 saturated heterocycles. The van der Waals surface area contributed by atoms with Crippen molar-refractivity contribution in [3.8, 4) is 0 Å². The van der Waals surface area contributed by atoms with Crippen molar-refractivity contribution in [2.45, 2.75) is 20.0 Å². The smallest absolute Gasteiger partial charge is 0.334 e. The van der Waals surface area contributed by atoms with E-state index in [1.165, 1.54) is 0 Å². The highest BCUT2D eigenvalue weighted by molar-refractivity contribution is 5.96. The van der Waals surface area contributed by atoms with Gasteiger partial charge >= 0.3 is 5.97 Å². The summed E-state index contributed by atoms with van der Waals surface area (Å²) in [5.41, 5.74) is 2.62. The Hall–Kier alpha value is -1.88. The summed E-state index contributed by atoms with van der Waals surface area (Å²) in [5.74, 6) is -1.16. The van der Waals surface area contributed by atoms with E-state index in [-0.39, 0.29) is 19.1 Å². The van der Waals surface area contributed by atoms with Crippen molar-refractivity contribution in [2.75, 3.05) is 19.7 Å². The first-order valence-corrected chi connectivity index (χ1v) is 6.20. The Bertz CT molecular complexity index is 512. The van der Waals surface area contributed by atoms with Crippen LogP contribution < -0.4 is 0 Å². The van der Waals surface area contributed by atoms with Crippen molar-refractivity contribution < 1.29 is 19.4 Å². The van der Waals surface area contributed by atoms with Crippen molar-refractivity contribution >= 4 is 11.9 Å². The van der Waals surface area contributed by atoms with Gasteiger partial charge in [-0.05, 0) is 31.0 Å². The monoisotopic (exact) mass is 263 g/mol. The second kappa shape index (κ2) is 5.40. The maximum absolute atomic E-state index is 12.4. The van der Waals surface area contributed by atoms with E-state index in [9.17, 15) is 9.59 Å². The lowest BCUT2D eigenvalue weighted by molar-refractivity contribution is -0.154. The van der Waals surface area contributed by atoms with Crippen molar-refractivity contribution in [3.63, 3.8) is 0 Å². The zero-order chi connectivity index (χ0) is 14.0. The standard InChI is InChI=1S/C14H17NO4/c1-9-4-3-5-11(10(9)2)13(16)15-6-7-19-12(8-15)14(17)18/h3-5,12H,6-8H2,1-2H3,(H,17,18)/t12-/m0/s1. The number of carbonyl (C=O) groups excluding carboxylic acids is 1. The highest BCUT2D eigenvalue weighted by Gasteiger charge is 2.29. The Morgan fingerprint density at radius 3 is 2.79 bits per heavy atom. The highest BCUT2D eigenvalue weighted by Crippen LogP contribution is 2.17. The molecule has 102 valence electrons. The molecule has 0 spiro atoms. The van der Waals surface area contributed by atoms with Gasteiger partial charge in [-0.15, -0.1) is 0 Å². The number of carboxylic acids is 1. The topological polar surface area (TPSA) is 66.8 Å². The molecule has 0 radical (unpaired) electrons. The van der Waals surface area contributed by atoms with Crippen LogP contribution in [0.4, 0.5) is 0 Å². The first-order chi connectivity index (χ1) is 9.00. The third-order valence-corrected chi connectivity index (χ3v) is 3.46. The normalized spacial score (nSPS) is 19.3. The van der Waals surface area contributed by atoms with Crippen LogP contribution in [0.25, 0.3) is 0 Å². The SMILES string of the molecule is Cc1cccc(C(=O)N2CCO[C@H](C(=O)O)C2)c1C. The fourth-order valence-electron chi connectivity index (χ4n) is 2.14. The molecule has 0 aromatic heterocycles. The molecule has 1 amide bonds. The maximum atomic E-state index is 12.4. The largest absolute Gasteiger partial charge is 0.479 e. The molecule has 0 saturated carbocycles. The molecule has 0 aliphatic carbocycles. The van der Waals surface area contributed by atoms with Crippen LogP contribution in [0, 0.1) is 13.8 Å². The molecule has 1 aliphatic rings. The number of rotatable bonds is 2. The van der Waals surface area contributed by atoms with Gasteiger partial charge in [0, 0.05) is 12.1 Å². The number of amides is 1. The van der Waals surface area contributed by atoms with Gasteiger partial charge in [-0.1, -0.05) is 12.1 Å². The van der Waals surface area contributed by atoms with Crippen molar-refractivity contribution in [3.05, 3.63) is 34.9 Å². The van der Waals surface area contributed by atoms with Crippen LogP contribution in [0.3, 0.4) is 0 Å². The molecule has 19 heavy (non-hydrogen) atoms. The maximum Gasteiger partial charge on any atom is 0.334 e. The second-order valence-corrected chi connectivity index (χ2v) is 4.70. The fourth-order valence-corrected chi connectivity index (χ4v) is 2.14. The van der Waals surface area contributed by atoms with Gasteiger partial charge in [0.1, 0.15) is 0 Å². The average Bonchev–Trinajstić information content (AvgIpc) is 2.41. The highest BCUT2D eigenvalue weighted by atomic mass is 16.5. The molecule has 1 aromatic carbocycles. The summed E-state index contributed by atoms with van der Waals surface area (Å²) in [6, 6.07) is 5.56. The number of aliphatic carboxylic acids is 1. The van der Waals surface area contributed by atoms with Crippen LogP contribution in [0.2, 0.25) is 0 Å². The lowest BCUT2D eigenvalue weighted by atomic mass is 10.0. The van der Waals surface area contributed by atoms with Crippen molar-refractivity contribution in [1.29, 1.82) is 0 Å². The number of morpholine rings is 1. The molecule has 0 unspecified atom stereocenters. The Kier molecular flexibility index (Phi) is 3.85. The van der Waals surface area contributed by atoms with Gasteiger partial charge < -0.3 is 14.7 Å². The van der Waals surface area contributed by atoms with E-state index >= 15 is 0 Å². The molecule has 5 nitrogen and oxygen atoms in total. The van der Waals surface area contributed by atoms with Crippen LogP contribution in [-0.4, -0.2) is 47.7 Å². The number of benzene rings is 1. The van der Waals surface area contributed by atoms with Gasteiger partial charge in [0.25, 0.3) is 5.91 Å². The van der Waals surface area contributed by atoms with Gasteiger partial charge in [0.2, 0.25) is 0 Å². The van der Waals surface area contributed by atoms with E-state index in [2.05, 4.69) is 0 Å². The third-order valence-electron chi connectivity index (χ3n) is 3.46. The minimum Gasteiger partial charge on any atom is -0.479 e. The molecule has 5 heteroatoms. The number of nitrogens with zero attached hydrogens (tertiary/aromatic N) is 1. The van der Waals surface area contributed by atoms with Crippen LogP contribution >= 0.6 is 0 Å². The quantitative estimate of drug-likeness (QED) is 0.871. The summed E-state index contributed by atoms with van der Waals surface area (Å²) in [6.45, 7) is 4.63. The zero-order valence-electron chi connectivity index (χ0n) is 11.0. The second-order valence-electron chi connectivity index (χ2n) is 4.70. The van der Waals surface area contributed by atoms with Crippen molar-refractivity contribution in [1.82, 2.24) is 4.90 Å². The van der Waals surface area contributed by atoms with Gasteiger partial charge in [0.05, 0.1) is 13.2 Å². The molecular formula is C14H17NO4. The van der Waals surface area contributed by atoms with E-state index in [0.29, 0.717) is 12.1 Å². The van der Waals surface area contributed by atoms with E-state index in [4.69, 9.17) is 9.84 Å². The molecular weight excluding hydrogens is 246 g/mol. The van der Waals surface area contributed by atoms with E-state index in [1.54, 1.807) is 11.0 Å². The van der Waals surface area contributed by atoms with Crippen LogP contribution in [-0.2, 0) is 9.53 Å². The average molecular weight is 263 g/mol. The fraction of sp³-hybridized carbons (Fsp3) is 0.429. The molecule has 1 aromatic rings. The molecule has 1 N–H and O–H groups in total. The first kappa shape index (κ1) is 13.5. The number of hydrogen-bond acceptors (Lipinski definition) is 3. The number of carboxylic acid groups (broad SMARTS) is 1. The molecule has 1 atom stereocenters. The predicted molar refractivity (Wildman–Crippen MR) is 69.2 cm³/mol. The zero-order valence-corrected chi connectivity index (χ0v) is 11.0. The van der Waals surface area contributed by atoms with Crippen LogP contribution in [0.5, 0.6) is 0 Å². The Labute approximate surface area is 111 Å². The van der Waals surface area contributed by atoms with Gasteiger partial charge in [-0.25, -0.2) is 4.79 Å². The van der Waals surface area contributed by atoms with Crippen molar-refractivity contribution in [2.24, 2.45) is 0 Å². The molecule has 1 fully saturated rings. The minimum absolute atomic E-state index is 0.0988. The summed E-state index contributed by atoms with van der Waals surface area (Å²) >= 11 is 0. The minimum atomic E-state index is -1.03. The van der Waals surface area contributed by atoms with Gasteiger partial charge in [-0.3, -0.25) is 4.79 Å². The first-order valence-electron chi connectivity index (χ1n) is 6.20. The summed E-state index contributed by atoms with van der Waals surface area (Å²) in [7, 11) is 0. The van der Waals surface area contributed by atoms with E-state index in [1.807, 2.05) is 26.0 Å². The molecule has 0 bridgehead atoms. The lowest BCUT2D eigenvalue weighted by Gasteiger charge is -2.31. The number of aryl methyl sites for hydroxylation is 1. The molecule has 1 aliphatic heterocycles. The van der Waals surface area contributed by atoms with Gasteiger partial charge in [0.15, 0.2) is 6.10 Å². The number of carbonyl (C=O) groups is 2. The molecule has 2 rings (SSSR count). The van der Waals surface area contributed by atoms with Gasteiger partial charge in [-0.2, -0.15) is 0 Å². The predicted octanol–water partition coefficient (Wildman–Crippen LogP) is 1.23. The Morgan fingerprint density at radius 2 is 2.11 bits per heavy atom. The summed E-state index contributed by atoms with van der Waals surface area (Å²) in [6.07, 6.45) is -0.928. The third kappa shape index (κ3) is 2.76. The van der Waals surface area contributed by atoms with Crippen LogP contribution in [0.1, 0.15) is 21.5 Å². The van der Waals surface area contributed by atoms with Crippen LogP contribution in [0.15, 0.2) is 18.2 Å². The summed E-state index contributed by atoms with van der Waals surface area (Å²) in [5, 5.41) is 8.94. The summed E-state index contributed by atoms with van der Waals surface area (Å²) < 4.78 is 5.12. The number of ether oxygens (including phenoxy) is 1. The van der Waals surface area contributed by atoms with E-state index in [0.717, 1.165) is 11.1 Å².